The van der Waals surface area contributed by atoms with Crippen LogP contribution >= 0.6 is 11.5 Å². The van der Waals surface area contributed by atoms with Crippen molar-refractivity contribution in [1.29, 1.82) is 0 Å². The van der Waals surface area contributed by atoms with Crippen molar-refractivity contribution in [3.05, 3.63) is 233 Å². The molecule has 0 unspecified atom stereocenters. The summed E-state index contributed by atoms with van der Waals surface area (Å²) in [7, 11) is 0. The Hall–Kier alpha value is -9.25. The predicted octanol–water partition coefficient (Wildman–Crippen LogP) is 29.9. The Morgan fingerprint density at radius 3 is 0.787 bits per heavy atom. The van der Waals surface area contributed by atoms with E-state index < -0.39 is 0 Å². The summed E-state index contributed by atoms with van der Waals surface area (Å²) >= 11 is 1.47. The Labute approximate surface area is 784 Å². The van der Waals surface area contributed by atoms with Crippen molar-refractivity contribution in [2.24, 2.45) is 0 Å². The van der Waals surface area contributed by atoms with E-state index in [4.69, 9.17) is 0 Å². The van der Waals surface area contributed by atoms with Crippen LogP contribution in [0.15, 0.2) is 166 Å². The Bertz CT molecular complexity index is 3370. The van der Waals surface area contributed by atoms with Crippen LogP contribution in [0, 0.1) is 6.92 Å². The molecule has 22 nitrogen and oxygen atoms in total. The summed E-state index contributed by atoms with van der Waals surface area (Å²) in [5.41, 5.74) is 12.9. The highest BCUT2D eigenvalue weighted by molar-refractivity contribution is 7.05. The lowest BCUT2D eigenvalue weighted by Crippen LogP contribution is -2.14. The van der Waals surface area contributed by atoms with Gasteiger partial charge in [-0.15, -0.1) is 5.10 Å². The first kappa shape index (κ1) is 138. The van der Waals surface area contributed by atoms with Gasteiger partial charge in [0.1, 0.15) is 12.2 Å². The lowest BCUT2D eigenvalue weighted by atomic mass is 9.88. The third-order valence-electron chi connectivity index (χ3n) is 14.8. The van der Waals surface area contributed by atoms with Crippen molar-refractivity contribution in [2.45, 2.75) is 433 Å². The van der Waals surface area contributed by atoms with E-state index in [9.17, 15) is 0 Å². The van der Waals surface area contributed by atoms with E-state index in [1.165, 1.54) is 33.1 Å². The number of rotatable bonds is 0. The van der Waals surface area contributed by atoms with E-state index in [1.807, 2.05) is 212 Å². The first-order valence-corrected chi connectivity index (χ1v) is 47.0. The first-order chi connectivity index (χ1) is 59.1. The number of H-pyrrole nitrogens is 3. The molecule has 11 aromatic heterocycles. The maximum atomic E-state index is 4.25. The van der Waals surface area contributed by atoms with E-state index in [2.05, 4.69) is 371 Å². The number of hydrogen-bond donors (Lipinski definition) is 3. The summed E-state index contributed by atoms with van der Waals surface area (Å²) in [4.78, 5) is 29.8. The maximum Gasteiger partial charge on any atom is 0.133 e. The smallest absolute Gasteiger partial charge is 0.133 e. The van der Waals surface area contributed by atoms with Crippen LogP contribution in [0.5, 0.6) is 0 Å². The molecule has 0 fully saturated rings. The fourth-order valence-electron chi connectivity index (χ4n) is 7.92. The van der Waals surface area contributed by atoms with Gasteiger partial charge in [-0.25, -0.2) is 19.9 Å². The van der Waals surface area contributed by atoms with Crippen LogP contribution in [0.2, 0.25) is 0 Å². The van der Waals surface area contributed by atoms with Crippen LogP contribution in [0.1, 0.15) is 434 Å². The fourth-order valence-corrected chi connectivity index (χ4v) is 8.60. The zero-order valence-electron chi connectivity index (χ0n) is 91.5. The van der Waals surface area contributed by atoms with E-state index in [0.717, 1.165) is 45.7 Å². The molecule has 0 aliphatic heterocycles. The minimum Gasteiger partial charge on any atom is -0.265 e. The summed E-state index contributed by atoms with van der Waals surface area (Å²) in [6, 6.07) is 23.9. The molecule has 11 rings (SSSR count). The number of aryl methyl sites for hydroxylation is 1. The van der Waals surface area contributed by atoms with Gasteiger partial charge in [0.25, 0.3) is 0 Å². The second-order valence-electron chi connectivity index (χ2n) is 36.6. The van der Waals surface area contributed by atoms with Crippen molar-refractivity contribution >= 4 is 11.5 Å². The predicted molar refractivity (Wildman–Crippen MR) is 554 cm³/mol. The number of hydrogen-bond acceptors (Lipinski definition) is 20. The van der Waals surface area contributed by atoms with Gasteiger partial charge in [-0.05, 0) is 112 Å². The molecule has 11 aromatic rings. The van der Waals surface area contributed by atoms with Crippen LogP contribution in [0.3, 0.4) is 0 Å². The van der Waals surface area contributed by atoms with E-state index in [-0.39, 0.29) is 59.6 Å². The zero-order chi connectivity index (χ0) is 102. The molecular formula is C104H192N22S. The molecule has 0 aliphatic carbocycles. The number of nitrogens with zero attached hydrogens (tertiary/aromatic N) is 19. The van der Waals surface area contributed by atoms with Crippen molar-refractivity contribution < 1.29 is 0 Å². The minimum atomic E-state index is 0.0707. The molecule has 23 heteroatoms. The fraction of sp³-hybridized carbons (Fsp3) is 0.625. The summed E-state index contributed by atoms with van der Waals surface area (Å²) in [6.45, 7) is 113. The standard InChI is InChI=1S/3C9H13N.4C8H12N2.C7H12N2S.3C6H11N3.10C2H6/c1-9(2,3)8-4-6-10-7-5-8;1-9(2,3)8-5-4-6-10-7-8;1-9(2,3)8-6-4-5-7-10-8;1-8(2,3)7-4-5-9-6-10-7;1-8(2,3)7-4-5-9-10-6-7;1-8(2,3)7-9-5-4-6-10-7;1-8(2,3)7-5-4-6-9-10-7;1-5-6(7(2,3)4)8-9-10-5;3*1-6(2,3)5-4-7-9-8-5;10*1-2/h3*4-7H,1-3H3;4*4-6H,1-3H3;1-4H3;3*4H,1-3H3,(H,7,8,9);10*1-2H3. The molecule has 0 atom stereocenters. The Morgan fingerprint density at radius 1 is 0.236 bits per heavy atom. The zero-order valence-corrected chi connectivity index (χ0v) is 92.3. The molecule has 0 aliphatic rings. The molecular weight excluding hydrogens is 1590 g/mol. The van der Waals surface area contributed by atoms with Crippen LogP contribution in [-0.4, -0.2) is 111 Å². The average Bonchev–Trinajstić information content (AvgIpc) is 1.69. The molecule has 0 radical (unpaired) electrons. The first-order valence-electron chi connectivity index (χ1n) is 46.3. The van der Waals surface area contributed by atoms with Gasteiger partial charge in [0.15, 0.2) is 0 Å². The van der Waals surface area contributed by atoms with Crippen molar-refractivity contribution in [2.75, 3.05) is 0 Å². The van der Waals surface area contributed by atoms with Crippen molar-refractivity contribution in [3.63, 3.8) is 0 Å². The van der Waals surface area contributed by atoms with Crippen LogP contribution < -0.4 is 0 Å². The quantitative estimate of drug-likeness (QED) is 0.127. The monoisotopic (exact) mass is 1780 g/mol. The summed E-state index contributed by atoms with van der Waals surface area (Å²) in [6.07, 6.45) is 26.6. The summed E-state index contributed by atoms with van der Waals surface area (Å²) in [5, 5.41) is 50.1. The molecule has 0 saturated carbocycles. The largest absolute Gasteiger partial charge is 0.265 e. The molecule has 724 valence electrons. The maximum absolute atomic E-state index is 4.25. The van der Waals surface area contributed by atoms with Gasteiger partial charge >= 0.3 is 0 Å². The number of aromatic amines is 3. The lowest BCUT2D eigenvalue weighted by Gasteiger charge is -2.17. The normalized spacial score (nSPS) is 10.3. The lowest BCUT2D eigenvalue weighted by molar-refractivity contribution is 0.545. The van der Waals surface area contributed by atoms with E-state index >= 15 is 0 Å². The van der Waals surface area contributed by atoms with Crippen molar-refractivity contribution in [1.82, 2.24) is 111 Å². The summed E-state index contributed by atoms with van der Waals surface area (Å²) in [5.74, 6) is 0.898. The van der Waals surface area contributed by atoms with Crippen molar-refractivity contribution in [3.8, 4) is 0 Å². The summed E-state index contributed by atoms with van der Waals surface area (Å²) < 4.78 is 3.88. The van der Waals surface area contributed by atoms with Crippen LogP contribution in [0.25, 0.3) is 0 Å². The third kappa shape index (κ3) is 74.4. The highest BCUT2D eigenvalue weighted by atomic mass is 32.1. The van der Waals surface area contributed by atoms with Gasteiger partial charge in [0.05, 0.1) is 53.3 Å². The van der Waals surface area contributed by atoms with E-state index in [0.29, 0.717) is 0 Å². The molecule has 0 bridgehead atoms. The molecule has 11 heterocycles. The number of aromatic nitrogens is 22. The van der Waals surface area contributed by atoms with Gasteiger partial charge in [0.2, 0.25) is 0 Å². The SMILES string of the molecule is CC.CC.CC.CC.CC.CC.CC.CC.CC.CC.CC(C)(C)c1ccccn1.CC(C)(C)c1cccnc1.CC(C)(C)c1cccnn1.CC(C)(C)c1ccncc1.CC(C)(C)c1ccncn1.CC(C)(C)c1ccnnc1.CC(C)(C)c1cn[nH]n1.CC(C)(C)c1cn[nH]n1.CC(C)(C)c1cn[nH]n1.CC(C)(C)c1ncccn1.Cc1snnc1C(C)(C)C. The highest BCUT2D eigenvalue weighted by Gasteiger charge is 2.22. The molecule has 0 aromatic carbocycles. The molecule has 3 N–H and O–H groups in total. The molecule has 0 saturated heterocycles. The Morgan fingerprint density at radius 2 is 0.591 bits per heavy atom. The van der Waals surface area contributed by atoms with Crippen LogP contribution in [-0.2, 0) is 59.6 Å². The van der Waals surface area contributed by atoms with Gasteiger partial charge in [0, 0.05) is 122 Å². The third-order valence-corrected chi connectivity index (χ3v) is 15.4. The average molecular weight is 1780 g/mol. The highest BCUT2D eigenvalue weighted by Crippen LogP contribution is 2.27. The van der Waals surface area contributed by atoms with Crippen LogP contribution in [0.4, 0.5) is 0 Å². The van der Waals surface area contributed by atoms with Gasteiger partial charge in [-0.2, -0.15) is 66.6 Å². The van der Waals surface area contributed by atoms with E-state index in [1.54, 1.807) is 68.3 Å². The van der Waals surface area contributed by atoms with Gasteiger partial charge in [-0.1, -0.05) is 384 Å². The number of pyridine rings is 3. The van der Waals surface area contributed by atoms with Gasteiger partial charge in [-0.3, -0.25) is 15.0 Å². The molecule has 0 amide bonds. The van der Waals surface area contributed by atoms with Gasteiger partial charge < -0.3 is 0 Å². The molecule has 127 heavy (non-hydrogen) atoms. The topological polar surface area (TPSA) is 292 Å². The second-order valence-corrected chi connectivity index (χ2v) is 37.6. The number of nitrogens with one attached hydrogen (secondary N) is 3. The minimum absolute atomic E-state index is 0.0707. The Balaban J connectivity index is -0.000000145. The molecule has 0 spiro atoms. The Kier molecular flexibility index (Phi) is 83.6. The second kappa shape index (κ2) is 76.8.